The highest BCUT2D eigenvalue weighted by Crippen LogP contribution is 2.28. The number of carbonyl (C=O) groups is 3. The van der Waals surface area contributed by atoms with E-state index in [0.29, 0.717) is 52.0 Å². The Hall–Kier alpha value is -2.31. The molecule has 0 atom stereocenters. The maximum Gasteiger partial charge on any atom is 0.286 e. The zero-order chi connectivity index (χ0) is 19.8. The van der Waals surface area contributed by atoms with E-state index in [4.69, 9.17) is 4.42 Å². The first kappa shape index (κ1) is 20.4. The molecule has 3 amide bonds. The average Bonchev–Trinajstić information content (AvgIpc) is 3.43. The van der Waals surface area contributed by atoms with Crippen LogP contribution in [0, 0.1) is 5.92 Å². The molecule has 3 rings (SSSR count). The lowest BCUT2D eigenvalue weighted by atomic mass is 10.0. The van der Waals surface area contributed by atoms with Gasteiger partial charge in [-0.15, -0.1) is 0 Å². The van der Waals surface area contributed by atoms with Crippen LogP contribution in [0.1, 0.15) is 61.9 Å². The quantitative estimate of drug-likeness (QED) is 0.692. The van der Waals surface area contributed by atoms with Crippen molar-refractivity contribution in [3.05, 3.63) is 24.2 Å². The topological polar surface area (TPSA) is 82.9 Å². The summed E-state index contributed by atoms with van der Waals surface area (Å²) in [5, 5.41) is 2.75. The SMILES string of the molecule is O=C(NCCCC(=O)N1CCN(C(=O)CCC2CCCC2)CC1)c1ccco1. The summed E-state index contributed by atoms with van der Waals surface area (Å²) < 4.78 is 5.02. The molecule has 0 radical (unpaired) electrons. The Morgan fingerprint density at radius 3 is 2.25 bits per heavy atom. The van der Waals surface area contributed by atoms with Crippen molar-refractivity contribution in [2.24, 2.45) is 5.92 Å². The van der Waals surface area contributed by atoms with E-state index >= 15 is 0 Å². The molecule has 0 spiro atoms. The van der Waals surface area contributed by atoms with Gasteiger partial charge in [-0.2, -0.15) is 0 Å². The van der Waals surface area contributed by atoms with Crippen LogP contribution in [-0.2, 0) is 9.59 Å². The summed E-state index contributed by atoms with van der Waals surface area (Å²) in [6, 6.07) is 3.27. The van der Waals surface area contributed by atoms with Crippen molar-refractivity contribution in [2.45, 2.75) is 51.4 Å². The first-order valence-electron chi connectivity index (χ1n) is 10.5. The molecule has 154 valence electrons. The van der Waals surface area contributed by atoms with Crippen LogP contribution in [0.5, 0.6) is 0 Å². The molecule has 2 heterocycles. The molecule has 1 aromatic rings. The fraction of sp³-hybridized carbons (Fsp3) is 0.667. The van der Waals surface area contributed by atoms with E-state index in [9.17, 15) is 14.4 Å². The molecule has 1 saturated carbocycles. The number of hydrogen-bond acceptors (Lipinski definition) is 4. The van der Waals surface area contributed by atoms with Crippen LogP contribution in [-0.4, -0.2) is 60.2 Å². The Morgan fingerprint density at radius 1 is 1.00 bits per heavy atom. The number of rotatable bonds is 8. The Labute approximate surface area is 166 Å². The van der Waals surface area contributed by atoms with E-state index in [-0.39, 0.29) is 23.5 Å². The van der Waals surface area contributed by atoms with Gasteiger partial charge in [0.2, 0.25) is 11.8 Å². The van der Waals surface area contributed by atoms with Gasteiger partial charge in [0.25, 0.3) is 5.91 Å². The molecule has 0 unspecified atom stereocenters. The van der Waals surface area contributed by atoms with Gasteiger partial charge in [0.15, 0.2) is 5.76 Å². The van der Waals surface area contributed by atoms with Crippen molar-refractivity contribution in [2.75, 3.05) is 32.7 Å². The van der Waals surface area contributed by atoms with Crippen LogP contribution in [0.4, 0.5) is 0 Å². The lowest BCUT2D eigenvalue weighted by Crippen LogP contribution is -2.50. The van der Waals surface area contributed by atoms with Crippen LogP contribution in [0.25, 0.3) is 0 Å². The van der Waals surface area contributed by atoms with E-state index in [2.05, 4.69) is 5.32 Å². The fourth-order valence-corrected chi connectivity index (χ4v) is 4.08. The molecule has 1 aliphatic heterocycles. The third kappa shape index (κ3) is 5.84. The highest BCUT2D eigenvalue weighted by Gasteiger charge is 2.24. The molecule has 0 bridgehead atoms. The zero-order valence-electron chi connectivity index (χ0n) is 16.5. The van der Waals surface area contributed by atoms with Gasteiger partial charge >= 0.3 is 0 Å². The lowest BCUT2D eigenvalue weighted by molar-refractivity contribution is -0.139. The summed E-state index contributed by atoms with van der Waals surface area (Å²) in [4.78, 5) is 40.2. The summed E-state index contributed by atoms with van der Waals surface area (Å²) in [7, 11) is 0. The van der Waals surface area contributed by atoms with Crippen molar-refractivity contribution < 1.29 is 18.8 Å². The Kier molecular flexibility index (Phi) is 7.51. The van der Waals surface area contributed by atoms with E-state index in [1.807, 2.05) is 9.80 Å². The van der Waals surface area contributed by atoms with Crippen LogP contribution in [0.2, 0.25) is 0 Å². The van der Waals surface area contributed by atoms with E-state index in [0.717, 1.165) is 12.3 Å². The van der Waals surface area contributed by atoms with Gasteiger partial charge in [-0.05, 0) is 30.9 Å². The molecule has 7 nitrogen and oxygen atoms in total. The summed E-state index contributed by atoms with van der Waals surface area (Å²) >= 11 is 0. The molecule has 1 N–H and O–H groups in total. The molecule has 0 aromatic carbocycles. The summed E-state index contributed by atoms with van der Waals surface area (Å²) in [6.45, 7) is 2.90. The number of furan rings is 1. The fourth-order valence-electron chi connectivity index (χ4n) is 4.08. The summed E-state index contributed by atoms with van der Waals surface area (Å²) in [5.74, 6) is 1.08. The van der Waals surface area contributed by atoms with Gasteiger partial charge < -0.3 is 19.5 Å². The standard InChI is InChI=1S/C21H31N3O4/c25-19(8-3-11-22-21(27)18-7-4-16-28-18)23-12-14-24(15-13-23)20(26)10-9-17-5-1-2-6-17/h4,7,16-17H,1-3,5-6,8-15H2,(H,22,27). The smallest absolute Gasteiger partial charge is 0.286 e. The monoisotopic (exact) mass is 389 g/mol. The van der Waals surface area contributed by atoms with Crippen LogP contribution < -0.4 is 5.32 Å². The molecule has 1 aliphatic carbocycles. The van der Waals surface area contributed by atoms with Crippen molar-refractivity contribution in [1.82, 2.24) is 15.1 Å². The number of piperazine rings is 1. The van der Waals surface area contributed by atoms with Crippen LogP contribution in [0.15, 0.2) is 22.8 Å². The highest BCUT2D eigenvalue weighted by molar-refractivity contribution is 5.91. The predicted molar refractivity (Wildman–Crippen MR) is 105 cm³/mol. The van der Waals surface area contributed by atoms with Crippen molar-refractivity contribution in [1.29, 1.82) is 0 Å². The summed E-state index contributed by atoms with van der Waals surface area (Å²) in [6.07, 6.45) is 9.28. The minimum Gasteiger partial charge on any atom is -0.459 e. The van der Waals surface area contributed by atoms with E-state index in [1.165, 1.54) is 31.9 Å². The third-order valence-electron chi connectivity index (χ3n) is 5.82. The largest absolute Gasteiger partial charge is 0.459 e. The van der Waals surface area contributed by atoms with Crippen molar-refractivity contribution >= 4 is 17.7 Å². The number of nitrogens with one attached hydrogen (secondary N) is 1. The number of amides is 3. The Balaban J connectivity index is 1.28. The first-order chi connectivity index (χ1) is 13.6. The predicted octanol–water partition coefficient (Wildman–Crippen LogP) is 2.43. The highest BCUT2D eigenvalue weighted by atomic mass is 16.3. The number of hydrogen-bond donors (Lipinski definition) is 1. The molecule has 7 heteroatoms. The van der Waals surface area contributed by atoms with Crippen molar-refractivity contribution in [3.63, 3.8) is 0 Å². The normalized spacial score (nSPS) is 17.7. The summed E-state index contributed by atoms with van der Waals surface area (Å²) in [5.41, 5.74) is 0. The second kappa shape index (κ2) is 10.3. The second-order valence-corrected chi connectivity index (χ2v) is 7.79. The van der Waals surface area contributed by atoms with Crippen LogP contribution in [0.3, 0.4) is 0 Å². The van der Waals surface area contributed by atoms with Gasteiger partial charge in [0, 0.05) is 45.6 Å². The van der Waals surface area contributed by atoms with Crippen molar-refractivity contribution in [3.8, 4) is 0 Å². The van der Waals surface area contributed by atoms with Crippen LogP contribution >= 0.6 is 0 Å². The van der Waals surface area contributed by atoms with Gasteiger partial charge in [0.05, 0.1) is 6.26 Å². The molecule has 1 saturated heterocycles. The minimum atomic E-state index is -0.262. The van der Waals surface area contributed by atoms with Gasteiger partial charge in [-0.3, -0.25) is 14.4 Å². The molecule has 28 heavy (non-hydrogen) atoms. The number of nitrogens with zero attached hydrogens (tertiary/aromatic N) is 2. The molecule has 1 aromatic heterocycles. The van der Waals surface area contributed by atoms with Gasteiger partial charge in [-0.25, -0.2) is 0 Å². The first-order valence-corrected chi connectivity index (χ1v) is 10.5. The van der Waals surface area contributed by atoms with E-state index < -0.39 is 0 Å². The zero-order valence-corrected chi connectivity index (χ0v) is 16.5. The Bertz CT molecular complexity index is 645. The maximum atomic E-state index is 12.4. The number of carbonyl (C=O) groups excluding carboxylic acids is 3. The van der Waals surface area contributed by atoms with Gasteiger partial charge in [0.1, 0.15) is 0 Å². The molecular formula is C21H31N3O4. The average molecular weight is 389 g/mol. The molecule has 2 fully saturated rings. The Morgan fingerprint density at radius 2 is 1.64 bits per heavy atom. The van der Waals surface area contributed by atoms with E-state index in [1.54, 1.807) is 12.1 Å². The maximum absolute atomic E-state index is 12.4. The minimum absolute atomic E-state index is 0.0882. The third-order valence-corrected chi connectivity index (χ3v) is 5.82. The molecule has 2 aliphatic rings. The lowest BCUT2D eigenvalue weighted by Gasteiger charge is -2.35. The molecular weight excluding hydrogens is 358 g/mol. The second-order valence-electron chi connectivity index (χ2n) is 7.79. The van der Waals surface area contributed by atoms with Gasteiger partial charge in [-0.1, -0.05) is 25.7 Å².